The molecule has 1 aromatic heterocycles. The number of carbonyl (C=O) groups is 1. The quantitative estimate of drug-likeness (QED) is 0.459. The summed E-state index contributed by atoms with van der Waals surface area (Å²) in [6, 6.07) is 6.91. The first kappa shape index (κ1) is 15.9. The van der Waals surface area contributed by atoms with E-state index in [0.29, 0.717) is 17.7 Å². The molecule has 2 rings (SSSR count). The molecular formula is C14H13Br2N3O2. The van der Waals surface area contributed by atoms with Crippen molar-refractivity contribution >= 4 is 37.8 Å². The number of amides is 1. The van der Waals surface area contributed by atoms with Crippen LogP contribution in [0.5, 0.6) is 0 Å². The Morgan fingerprint density at radius 3 is 2.67 bits per heavy atom. The zero-order valence-corrected chi connectivity index (χ0v) is 14.4. The molecule has 0 radical (unpaired) electrons. The van der Waals surface area contributed by atoms with Gasteiger partial charge >= 0.3 is 0 Å². The van der Waals surface area contributed by atoms with Crippen LogP contribution in [0.25, 0.3) is 0 Å². The number of aryl methyl sites for hydroxylation is 1. The van der Waals surface area contributed by atoms with Gasteiger partial charge in [-0.3, -0.25) is 15.0 Å². The maximum atomic E-state index is 12.1. The molecule has 1 heterocycles. The second kappa shape index (κ2) is 6.55. The Kier molecular flexibility index (Phi) is 4.97. The minimum absolute atomic E-state index is 0.0473. The number of rotatable bonds is 3. The van der Waals surface area contributed by atoms with Crippen molar-refractivity contribution in [3.63, 3.8) is 0 Å². The van der Waals surface area contributed by atoms with Crippen molar-refractivity contribution in [1.29, 1.82) is 0 Å². The van der Waals surface area contributed by atoms with E-state index in [-0.39, 0.29) is 11.5 Å². The van der Waals surface area contributed by atoms with Crippen LogP contribution in [0.1, 0.15) is 21.5 Å². The SMILES string of the molecule is Cc1cc(Br)cn(Cc2ccc(C(=O)NN)cc2Br)c1=O. The summed E-state index contributed by atoms with van der Waals surface area (Å²) >= 11 is 6.80. The van der Waals surface area contributed by atoms with Crippen molar-refractivity contribution in [2.24, 2.45) is 5.84 Å². The topological polar surface area (TPSA) is 77.1 Å². The van der Waals surface area contributed by atoms with Crippen LogP contribution in [0.15, 0.2) is 44.2 Å². The van der Waals surface area contributed by atoms with E-state index in [1.807, 2.05) is 0 Å². The Balaban J connectivity index is 2.37. The standard InChI is InChI=1S/C14H13Br2N3O2/c1-8-4-11(15)7-19(14(8)21)6-10-3-2-9(5-12(10)16)13(20)18-17/h2-5,7H,6,17H2,1H3,(H,18,20). The Labute approximate surface area is 138 Å². The Hall–Kier alpha value is -1.44. The van der Waals surface area contributed by atoms with E-state index in [9.17, 15) is 9.59 Å². The van der Waals surface area contributed by atoms with Crippen LogP contribution in [0, 0.1) is 6.92 Å². The second-order valence-electron chi connectivity index (χ2n) is 4.55. The van der Waals surface area contributed by atoms with Gasteiger partial charge in [0, 0.05) is 26.3 Å². The highest BCUT2D eigenvalue weighted by molar-refractivity contribution is 9.10. The van der Waals surface area contributed by atoms with Crippen LogP contribution in [-0.4, -0.2) is 10.5 Å². The van der Waals surface area contributed by atoms with Crippen molar-refractivity contribution in [3.8, 4) is 0 Å². The molecule has 1 aromatic carbocycles. The number of nitrogens with one attached hydrogen (secondary N) is 1. The van der Waals surface area contributed by atoms with E-state index >= 15 is 0 Å². The number of benzene rings is 1. The Morgan fingerprint density at radius 1 is 1.33 bits per heavy atom. The lowest BCUT2D eigenvalue weighted by Gasteiger charge is -2.10. The zero-order valence-electron chi connectivity index (χ0n) is 11.2. The third kappa shape index (κ3) is 3.61. The third-order valence-corrected chi connectivity index (χ3v) is 4.19. The smallest absolute Gasteiger partial charge is 0.265 e. The van der Waals surface area contributed by atoms with Gasteiger partial charge in [0.1, 0.15) is 0 Å². The highest BCUT2D eigenvalue weighted by Gasteiger charge is 2.09. The summed E-state index contributed by atoms with van der Waals surface area (Å²) in [6.07, 6.45) is 1.74. The average molecular weight is 415 g/mol. The minimum Gasteiger partial charge on any atom is -0.310 e. The van der Waals surface area contributed by atoms with Crippen LogP contribution < -0.4 is 16.8 Å². The first-order chi connectivity index (χ1) is 9.92. The first-order valence-corrected chi connectivity index (χ1v) is 7.67. The number of nitrogens with two attached hydrogens (primary N) is 1. The largest absolute Gasteiger partial charge is 0.310 e. The van der Waals surface area contributed by atoms with E-state index in [0.717, 1.165) is 14.5 Å². The van der Waals surface area contributed by atoms with Gasteiger partial charge in [0.15, 0.2) is 0 Å². The maximum Gasteiger partial charge on any atom is 0.265 e. The molecule has 0 atom stereocenters. The van der Waals surface area contributed by atoms with Gasteiger partial charge in [-0.05, 0) is 46.6 Å². The first-order valence-electron chi connectivity index (χ1n) is 6.08. The van der Waals surface area contributed by atoms with Gasteiger partial charge in [0.2, 0.25) is 0 Å². The van der Waals surface area contributed by atoms with E-state index in [1.54, 1.807) is 42.0 Å². The molecule has 0 saturated heterocycles. The summed E-state index contributed by atoms with van der Waals surface area (Å²) in [4.78, 5) is 23.6. The maximum absolute atomic E-state index is 12.1. The monoisotopic (exact) mass is 413 g/mol. The van der Waals surface area contributed by atoms with Crippen molar-refractivity contribution in [2.75, 3.05) is 0 Å². The molecule has 3 N–H and O–H groups in total. The number of hydrazine groups is 1. The van der Waals surface area contributed by atoms with Gasteiger partial charge in [-0.15, -0.1) is 0 Å². The Morgan fingerprint density at radius 2 is 2.05 bits per heavy atom. The zero-order chi connectivity index (χ0) is 15.6. The molecule has 0 aliphatic rings. The highest BCUT2D eigenvalue weighted by Crippen LogP contribution is 2.20. The molecule has 0 aliphatic carbocycles. The molecule has 0 fully saturated rings. The van der Waals surface area contributed by atoms with Crippen molar-refractivity contribution in [2.45, 2.75) is 13.5 Å². The number of nitrogens with zero attached hydrogens (tertiary/aromatic N) is 1. The molecule has 21 heavy (non-hydrogen) atoms. The predicted octanol–water partition coefficient (Wildman–Crippen LogP) is 2.33. The number of halogens is 2. The normalized spacial score (nSPS) is 10.5. The van der Waals surface area contributed by atoms with Gasteiger partial charge in [-0.2, -0.15) is 0 Å². The lowest BCUT2D eigenvalue weighted by molar-refractivity contribution is 0.0953. The van der Waals surface area contributed by atoms with E-state index in [2.05, 4.69) is 37.3 Å². The van der Waals surface area contributed by atoms with Gasteiger partial charge < -0.3 is 4.57 Å². The fourth-order valence-electron chi connectivity index (χ4n) is 1.94. The molecule has 1 amide bonds. The molecule has 5 nitrogen and oxygen atoms in total. The van der Waals surface area contributed by atoms with Crippen LogP contribution in [-0.2, 0) is 6.54 Å². The minimum atomic E-state index is -0.363. The van der Waals surface area contributed by atoms with Gasteiger partial charge in [-0.25, -0.2) is 5.84 Å². The Bertz CT molecular complexity index is 756. The lowest BCUT2D eigenvalue weighted by atomic mass is 10.1. The van der Waals surface area contributed by atoms with E-state index in [1.165, 1.54) is 0 Å². The van der Waals surface area contributed by atoms with Gasteiger partial charge in [0.25, 0.3) is 11.5 Å². The van der Waals surface area contributed by atoms with E-state index in [4.69, 9.17) is 5.84 Å². The molecular weight excluding hydrogens is 402 g/mol. The number of aromatic nitrogens is 1. The summed E-state index contributed by atoms with van der Waals surface area (Å²) in [5.74, 6) is 4.74. The van der Waals surface area contributed by atoms with Crippen LogP contribution in [0.2, 0.25) is 0 Å². The third-order valence-electron chi connectivity index (χ3n) is 3.02. The summed E-state index contributed by atoms with van der Waals surface area (Å²) in [5.41, 5.74) is 4.04. The summed E-state index contributed by atoms with van der Waals surface area (Å²) < 4.78 is 3.20. The molecule has 0 bridgehead atoms. The number of hydrogen-bond acceptors (Lipinski definition) is 3. The van der Waals surface area contributed by atoms with Gasteiger partial charge in [-0.1, -0.05) is 22.0 Å². The van der Waals surface area contributed by atoms with Crippen molar-refractivity contribution < 1.29 is 4.79 Å². The number of hydrogen-bond donors (Lipinski definition) is 2. The van der Waals surface area contributed by atoms with Crippen LogP contribution in [0.4, 0.5) is 0 Å². The molecule has 0 aliphatic heterocycles. The number of pyridine rings is 1. The summed E-state index contributed by atoms with van der Waals surface area (Å²) in [7, 11) is 0. The molecule has 2 aromatic rings. The molecule has 110 valence electrons. The van der Waals surface area contributed by atoms with Gasteiger partial charge in [0.05, 0.1) is 6.54 Å². The predicted molar refractivity (Wildman–Crippen MR) is 88.0 cm³/mol. The molecule has 0 saturated carbocycles. The summed E-state index contributed by atoms with van der Waals surface area (Å²) in [5, 5.41) is 0. The van der Waals surface area contributed by atoms with Crippen molar-refractivity contribution in [3.05, 3.63) is 66.5 Å². The molecule has 0 spiro atoms. The second-order valence-corrected chi connectivity index (χ2v) is 6.32. The summed E-state index contributed by atoms with van der Waals surface area (Å²) in [6.45, 7) is 2.18. The highest BCUT2D eigenvalue weighted by atomic mass is 79.9. The van der Waals surface area contributed by atoms with Crippen molar-refractivity contribution in [1.82, 2.24) is 9.99 Å². The molecule has 0 unspecified atom stereocenters. The number of nitrogen functional groups attached to an aromatic ring is 1. The van der Waals surface area contributed by atoms with Crippen LogP contribution >= 0.6 is 31.9 Å². The molecule has 7 heteroatoms. The van der Waals surface area contributed by atoms with E-state index < -0.39 is 0 Å². The lowest BCUT2D eigenvalue weighted by Crippen LogP contribution is -2.30. The number of carbonyl (C=O) groups excluding carboxylic acids is 1. The van der Waals surface area contributed by atoms with Crippen LogP contribution in [0.3, 0.4) is 0 Å². The fourth-order valence-corrected chi connectivity index (χ4v) is 3.04. The average Bonchev–Trinajstić information content (AvgIpc) is 2.45. The fraction of sp³-hybridized carbons (Fsp3) is 0.143.